The van der Waals surface area contributed by atoms with Crippen molar-refractivity contribution in [3.63, 3.8) is 0 Å². The number of benzene rings is 1. The molecule has 0 aliphatic heterocycles. The van der Waals surface area contributed by atoms with Crippen molar-refractivity contribution in [3.05, 3.63) is 23.2 Å². The number of nitrogens with two attached hydrogens (primary N) is 2. The lowest BCUT2D eigenvalue weighted by molar-refractivity contribution is 0.714. The summed E-state index contributed by atoms with van der Waals surface area (Å²) < 4.78 is 2.93. The summed E-state index contributed by atoms with van der Waals surface area (Å²) in [5, 5.41) is 15.7. The van der Waals surface area contributed by atoms with E-state index in [1.165, 1.54) is 9.36 Å². The Morgan fingerprint density at radius 2 is 2.05 bits per heavy atom. The van der Waals surface area contributed by atoms with Gasteiger partial charge in [0.1, 0.15) is 0 Å². The molecule has 0 amide bonds. The quantitative estimate of drug-likeness (QED) is 0.694. The summed E-state index contributed by atoms with van der Waals surface area (Å²) in [4.78, 5) is 3.83. The molecule has 0 fully saturated rings. The lowest BCUT2D eigenvalue weighted by Crippen LogP contribution is -2.03. The van der Waals surface area contributed by atoms with Gasteiger partial charge in [-0.2, -0.15) is 9.67 Å². The first-order valence-corrected chi connectivity index (χ1v) is 5.94. The highest BCUT2D eigenvalue weighted by Gasteiger charge is 2.13. The molecule has 9 nitrogen and oxygen atoms in total. The number of hydrogen-bond donors (Lipinski definition) is 2. The first kappa shape index (κ1) is 12.4. The summed E-state index contributed by atoms with van der Waals surface area (Å²) in [7, 11) is 1.73. The average molecular weight is 292 g/mol. The first-order chi connectivity index (χ1) is 9.56. The van der Waals surface area contributed by atoms with E-state index in [-0.39, 0.29) is 11.9 Å². The van der Waals surface area contributed by atoms with Crippen LogP contribution < -0.4 is 11.5 Å². The minimum Gasteiger partial charge on any atom is -0.368 e. The number of nitrogen functional groups attached to an aromatic ring is 2. The molecule has 4 N–H and O–H groups in total. The van der Waals surface area contributed by atoms with Crippen molar-refractivity contribution in [2.45, 2.75) is 0 Å². The summed E-state index contributed by atoms with van der Waals surface area (Å²) in [6.07, 6.45) is 0. The smallest absolute Gasteiger partial charge is 0.241 e. The number of aromatic nitrogens is 7. The Balaban J connectivity index is 2.08. The van der Waals surface area contributed by atoms with Crippen LogP contribution in [0, 0.1) is 0 Å². The standard InChI is InChI=1S/C10H10ClN9/c1-19-8(15-17-18-19)6-3-2-5(4-7(6)11)20-10(13)14-9(12)16-20/h2-4H,1H3,(H4,12,13,14,16). The third-order valence-corrected chi connectivity index (χ3v) is 3.02. The van der Waals surface area contributed by atoms with Gasteiger partial charge in [-0.15, -0.1) is 10.2 Å². The van der Waals surface area contributed by atoms with E-state index in [1.54, 1.807) is 25.2 Å². The molecule has 0 bridgehead atoms. The van der Waals surface area contributed by atoms with E-state index >= 15 is 0 Å². The predicted octanol–water partition coefficient (Wildman–Crippen LogP) is 0.276. The molecular weight excluding hydrogens is 282 g/mol. The van der Waals surface area contributed by atoms with Gasteiger partial charge in [-0.1, -0.05) is 11.6 Å². The summed E-state index contributed by atoms with van der Waals surface area (Å²) in [6, 6.07) is 5.25. The molecule has 3 rings (SSSR count). The van der Waals surface area contributed by atoms with Gasteiger partial charge in [0.25, 0.3) is 0 Å². The molecule has 0 saturated heterocycles. The SMILES string of the molecule is Cn1nnnc1-c1ccc(-n2nc(N)nc2N)cc1Cl. The molecule has 102 valence electrons. The van der Waals surface area contributed by atoms with Gasteiger partial charge in [0.05, 0.1) is 10.7 Å². The van der Waals surface area contributed by atoms with E-state index in [1.807, 2.05) is 0 Å². The van der Waals surface area contributed by atoms with Crippen LogP contribution in [0.1, 0.15) is 0 Å². The normalized spacial score (nSPS) is 10.9. The van der Waals surface area contributed by atoms with E-state index in [9.17, 15) is 0 Å². The van der Waals surface area contributed by atoms with Crippen molar-refractivity contribution >= 4 is 23.5 Å². The average Bonchev–Trinajstić information content (AvgIpc) is 2.95. The predicted molar refractivity (Wildman–Crippen MR) is 73.0 cm³/mol. The Bertz CT molecular complexity index is 775. The molecule has 2 heterocycles. The molecule has 0 aliphatic rings. The molecule has 0 unspecified atom stereocenters. The molecule has 1 aromatic carbocycles. The van der Waals surface area contributed by atoms with Crippen LogP contribution in [0.2, 0.25) is 5.02 Å². The second-order valence-corrected chi connectivity index (χ2v) is 4.44. The molecule has 10 heteroatoms. The van der Waals surface area contributed by atoms with Crippen LogP contribution in [0.15, 0.2) is 18.2 Å². The van der Waals surface area contributed by atoms with Crippen molar-refractivity contribution in [2.75, 3.05) is 11.5 Å². The van der Waals surface area contributed by atoms with Crippen LogP contribution in [0.3, 0.4) is 0 Å². The largest absolute Gasteiger partial charge is 0.368 e. The second kappa shape index (κ2) is 4.46. The third-order valence-electron chi connectivity index (χ3n) is 2.71. The summed E-state index contributed by atoms with van der Waals surface area (Å²) in [6.45, 7) is 0. The van der Waals surface area contributed by atoms with Crippen molar-refractivity contribution in [1.29, 1.82) is 0 Å². The maximum Gasteiger partial charge on any atom is 0.241 e. The number of hydrogen-bond acceptors (Lipinski definition) is 7. The Kier molecular flexibility index (Phi) is 2.75. The summed E-state index contributed by atoms with van der Waals surface area (Å²) >= 11 is 6.26. The van der Waals surface area contributed by atoms with Gasteiger partial charge < -0.3 is 11.5 Å². The molecule has 0 radical (unpaired) electrons. The summed E-state index contributed by atoms with van der Waals surface area (Å²) in [5.41, 5.74) is 12.6. The zero-order valence-corrected chi connectivity index (χ0v) is 11.2. The van der Waals surface area contributed by atoms with Gasteiger partial charge in [0.15, 0.2) is 5.82 Å². The molecule has 0 saturated carbocycles. The molecule has 20 heavy (non-hydrogen) atoms. The van der Waals surface area contributed by atoms with Gasteiger partial charge in [0, 0.05) is 12.6 Å². The fourth-order valence-corrected chi connectivity index (χ4v) is 2.06. The number of rotatable bonds is 2. The van der Waals surface area contributed by atoms with Gasteiger partial charge in [0.2, 0.25) is 11.9 Å². The highest BCUT2D eigenvalue weighted by molar-refractivity contribution is 6.33. The number of aryl methyl sites for hydroxylation is 1. The molecule has 0 spiro atoms. The third kappa shape index (κ3) is 1.93. The van der Waals surface area contributed by atoms with Crippen molar-refractivity contribution in [1.82, 2.24) is 35.0 Å². The summed E-state index contributed by atoms with van der Waals surface area (Å²) in [5.74, 6) is 0.847. The Labute approximate surface area is 118 Å². The monoisotopic (exact) mass is 291 g/mol. The second-order valence-electron chi connectivity index (χ2n) is 4.03. The van der Waals surface area contributed by atoms with Crippen LogP contribution in [0.25, 0.3) is 17.1 Å². The zero-order valence-electron chi connectivity index (χ0n) is 10.4. The number of halogens is 1. The minimum atomic E-state index is 0.0974. The van der Waals surface area contributed by atoms with Crippen LogP contribution in [0.4, 0.5) is 11.9 Å². The van der Waals surface area contributed by atoms with Crippen LogP contribution >= 0.6 is 11.6 Å². The fourth-order valence-electron chi connectivity index (χ4n) is 1.81. The minimum absolute atomic E-state index is 0.0974. The van der Waals surface area contributed by atoms with Gasteiger partial charge >= 0.3 is 0 Å². The van der Waals surface area contributed by atoms with Crippen LogP contribution in [-0.2, 0) is 7.05 Å². The maximum absolute atomic E-state index is 6.26. The maximum atomic E-state index is 6.26. The van der Waals surface area contributed by atoms with Crippen molar-refractivity contribution in [3.8, 4) is 17.1 Å². The van der Waals surface area contributed by atoms with Crippen molar-refractivity contribution < 1.29 is 0 Å². The lowest BCUT2D eigenvalue weighted by Gasteiger charge is -2.06. The van der Waals surface area contributed by atoms with E-state index in [0.717, 1.165) is 0 Å². The van der Waals surface area contributed by atoms with E-state index in [2.05, 4.69) is 25.6 Å². The molecular formula is C10H10ClN9. The van der Waals surface area contributed by atoms with Gasteiger partial charge in [-0.25, -0.2) is 4.68 Å². The first-order valence-electron chi connectivity index (χ1n) is 5.57. The molecule has 0 atom stereocenters. The molecule has 3 aromatic rings. The number of anilines is 2. The highest BCUT2D eigenvalue weighted by atomic mass is 35.5. The fraction of sp³-hybridized carbons (Fsp3) is 0.100. The zero-order chi connectivity index (χ0) is 14.3. The Hall–Kier alpha value is -2.68. The van der Waals surface area contributed by atoms with Gasteiger partial charge in [-0.3, -0.25) is 0 Å². The van der Waals surface area contributed by atoms with E-state index < -0.39 is 0 Å². The van der Waals surface area contributed by atoms with Crippen LogP contribution in [-0.4, -0.2) is 35.0 Å². The van der Waals surface area contributed by atoms with Crippen molar-refractivity contribution in [2.24, 2.45) is 7.05 Å². The topological polar surface area (TPSA) is 126 Å². The van der Waals surface area contributed by atoms with Crippen LogP contribution in [0.5, 0.6) is 0 Å². The Morgan fingerprint density at radius 3 is 2.60 bits per heavy atom. The van der Waals surface area contributed by atoms with Gasteiger partial charge in [-0.05, 0) is 28.6 Å². The highest BCUT2D eigenvalue weighted by Crippen LogP contribution is 2.28. The van der Waals surface area contributed by atoms with E-state index in [4.69, 9.17) is 23.1 Å². The number of tetrazole rings is 1. The molecule has 2 aromatic heterocycles. The lowest BCUT2D eigenvalue weighted by atomic mass is 10.2. The Morgan fingerprint density at radius 1 is 1.25 bits per heavy atom. The number of nitrogens with zero attached hydrogens (tertiary/aromatic N) is 7. The molecule has 0 aliphatic carbocycles. The van der Waals surface area contributed by atoms with E-state index in [0.29, 0.717) is 22.1 Å².